The molecule has 3 aromatic rings. The molecular formula is C15H16N4S2. The van der Waals surface area contributed by atoms with Crippen molar-refractivity contribution in [1.82, 2.24) is 15.0 Å². The van der Waals surface area contributed by atoms with Gasteiger partial charge in [-0.3, -0.25) is 0 Å². The molecule has 4 nitrogen and oxygen atoms in total. The summed E-state index contributed by atoms with van der Waals surface area (Å²) in [5, 5.41) is 10.6. The first kappa shape index (κ1) is 14.3. The van der Waals surface area contributed by atoms with Crippen LogP contribution in [0, 0.1) is 0 Å². The molecule has 0 atom stereocenters. The highest BCUT2D eigenvalue weighted by Crippen LogP contribution is 2.22. The van der Waals surface area contributed by atoms with E-state index in [0.29, 0.717) is 6.54 Å². The van der Waals surface area contributed by atoms with E-state index in [2.05, 4.69) is 46.2 Å². The van der Waals surface area contributed by atoms with Crippen LogP contribution < -0.4 is 5.73 Å². The van der Waals surface area contributed by atoms with Crippen molar-refractivity contribution in [2.24, 2.45) is 5.73 Å². The zero-order valence-electron chi connectivity index (χ0n) is 11.7. The lowest BCUT2D eigenvalue weighted by molar-refractivity contribution is 0.771. The standard InChI is InChI=1S/C15H16N4S2/c1-20-12-5-2-4-11(8-12)19-15(14(10-16)17-18-19)9-13-6-3-7-21-13/h2-8H,9-10,16H2,1H3. The molecular weight excluding hydrogens is 300 g/mol. The van der Waals surface area contributed by atoms with E-state index < -0.39 is 0 Å². The number of hydrogen-bond donors (Lipinski definition) is 1. The van der Waals surface area contributed by atoms with Gasteiger partial charge in [0.2, 0.25) is 0 Å². The Kier molecular flexibility index (Phi) is 4.38. The maximum atomic E-state index is 5.81. The molecule has 108 valence electrons. The molecule has 2 aromatic heterocycles. The van der Waals surface area contributed by atoms with E-state index in [4.69, 9.17) is 5.73 Å². The van der Waals surface area contributed by atoms with Crippen LogP contribution in [0.4, 0.5) is 0 Å². The number of rotatable bonds is 5. The first-order valence-corrected chi connectivity index (χ1v) is 8.72. The lowest BCUT2D eigenvalue weighted by Gasteiger charge is -2.08. The minimum Gasteiger partial charge on any atom is -0.325 e. The van der Waals surface area contributed by atoms with Crippen molar-refractivity contribution < 1.29 is 0 Å². The van der Waals surface area contributed by atoms with Gasteiger partial charge in [0.05, 0.1) is 11.4 Å². The Balaban J connectivity index is 2.03. The van der Waals surface area contributed by atoms with Crippen molar-refractivity contribution in [2.75, 3.05) is 6.26 Å². The van der Waals surface area contributed by atoms with Crippen molar-refractivity contribution in [1.29, 1.82) is 0 Å². The van der Waals surface area contributed by atoms with Crippen molar-refractivity contribution in [3.63, 3.8) is 0 Å². The van der Waals surface area contributed by atoms with E-state index in [-0.39, 0.29) is 0 Å². The summed E-state index contributed by atoms with van der Waals surface area (Å²) in [7, 11) is 0. The number of nitrogens with zero attached hydrogens (tertiary/aromatic N) is 3. The molecule has 1 aromatic carbocycles. The third-order valence-corrected chi connectivity index (χ3v) is 4.86. The number of thioether (sulfide) groups is 1. The Morgan fingerprint density at radius 2 is 2.19 bits per heavy atom. The summed E-state index contributed by atoms with van der Waals surface area (Å²) in [4.78, 5) is 2.49. The van der Waals surface area contributed by atoms with Crippen LogP contribution >= 0.6 is 23.1 Å². The van der Waals surface area contributed by atoms with Crippen LogP contribution in [0.5, 0.6) is 0 Å². The Hall–Kier alpha value is -1.63. The van der Waals surface area contributed by atoms with Gasteiger partial charge in [-0.1, -0.05) is 17.3 Å². The van der Waals surface area contributed by atoms with Crippen molar-refractivity contribution in [3.8, 4) is 5.69 Å². The predicted octanol–water partition coefficient (Wildman–Crippen LogP) is 3.10. The van der Waals surface area contributed by atoms with Gasteiger partial charge in [-0.2, -0.15) is 0 Å². The van der Waals surface area contributed by atoms with Crippen LogP contribution in [-0.2, 0) is 13.0 Å². The van der Waals surface area contributed by atoms with E-state index >= 15 is 0 Å². The van der Waals surface area contributed by atoms with Gasteiger partial charge in [0.1, 0.15) is 5.69 Å². The second kappa shape index (κ2) is 6.43. The molecule has 0 aliphatic heterocycles. The van der Waals surface area contributed by atoms with Crippen LogP contribution in [0.15, 0.2) is 46.7 Å². The molecule has 0 unspecified atom stereocenters. The minimum absolute atomic E-state index is 0.406. The van der Waals surface area contributed by atoms with Gasteiger partial charge in [0.25, 0.3) is 0 Å². The van der Waals surface area contributed by atoms with Gasteiger partial charge in [0.15, 0.2) is 0 Å². The topological polar surface area (TPSA) is 56.7 Å². The first-order chi connectivity index (χ1) is 10.3. The molecule has 2 N–H and O–H groups in total. The van der Waals surface area contributed by atoms with E-state index in [1.54, 1.807) is 23.1 Å². The predicted molar refractivity (Wildman–Crippen MR) is 88.2 cm³/mol. The molecule has 0 amide bonds. The number of nitrogens with two attached hydrogens (primary N) is 1. The normalized spacial score (nSPS) is 11.0. The lowest BCUT2D eigenvalue weighted by atomic mass is 10.2. The van der Waals surface area contributed by atoms with E-state index in [1.165, 1.54) is 9.77 Å². The molecule has 0 spiro atoms. The molecule has 0 saturated heterocycles. The average molecular weight is 316 g/mol. The maximum absolute atomic E-state index is 5.81. The largest absolute Gasteiger partial charge is 0.325 e. The summed E-state index contributed by atoms with van der Waals surface area (Å²) < 4.78 is 1.90. The van der Waals surface area contributed by atoms with E-state index in [1.807, 2.05) is 16.8 Å². The molecule has 0 fully saturated rings. The third-order valence-electron chi connectivity index (χ3n) is 3.26. The molecule has 0 saturated carbocycles. The summed E-state index contributed by atoms with van der Waals surface area (Å²) in [5.41, 5.74) is 8.77. The Morgan fingerprint density at radius 1 is 1.29 bits per heavy atom. The van der Waals surface area contributed by atoms with Gasteiger partial charge in [0, 0.05) is 22.7 Å². The van der Waals surface area contributed by atoms with Gasteiger partial charge < -0.3 is 5.73 Å². The maximum Gasteiger partial charge on any atom is 0.100 e. The third kappa shape index (κ3) is 3.02. The molecule has 0 aliphatic carbocycles. The van der Waals surface area contributed by atoms with Gasteiger partial charge >= 0.3 is 0 Å². The van der Waals surface area contributed by atoms with Crippen LogP contribution in [0.2, 0.25) is 0 Å². The Morgan fingerprint density at radius 3 is 2.90 bits per heavy atom. The number of hydrogen-bond acceptors (Lipinski definition) is 5. The Bertz CT molecular complexity index is 719. The smallest absolute Gasteiger partial charge is 0.100 e. The Labute approximate surface area is 132 Å². The van der Waals surface area contributed by atoms with E-state index in [9.17, 15) is 0 Å². The summed E-state index contributed by atoms with van der Waals surface area (Å²) in [6.07, 6.45) is 2.87. The summed E-state index contributed by atoms with van der Waals surface area (Å²) >= 11 is 3.46. The zero-order valence-corrected chi connectivity index (χ0v) is 13.3. The molecule has 0 aliphatic rings. The van der Waals surface area contributed by atoms with E-state index in [0.717, 1.165) is 23.5 Å². The second-order valence-electron chi connectivity index (χ2n) is 4.56. The first-order valence-electron chi connectivity index (χ1n) is 6.62. The highest BCUT2D eigenvalue weighted by atomic mass is 32.2. The van der Waals surface area contributed by atoms with Crippen LogP contribution in [0.3, 0.4) is 0 Å². The summed E-state index contributed by atoms with van der Waals surface area (Å²) in [6.45, 7) is 0.406. The highest BCUT2D eigenvalue weighted by molar-refractivity contribution is 7.98. The summed E-state index contributed by atoms with van der Waals surface area (Å²) in [6, 6.07) is 12.5. The molecule has 0 bridgehead atoms. The molecule has 0 radical (unpaired) electrons. The zero-order chi connectivity index (χ0) is 14.7. The quantitative estimate of drug-likeness (QED) is 0.735. The van der Waals surface area contributed by atoms with Crippen molar-refractivity contribution >= 4 is 23.1 Å². The summed E-state index contributed by atoms with van der Waals surface area (Å²) in [5.74, 6) is 0. The van der Waals surface area contributed by atoms with Gasteiger partial charge in [-0.05, 0) is 35.9 Å². The van der Waals surface area contributed by atoms with Gasteiger partial charge in [-0.15, -0.1) is 28.2 Å². The number of thiophene rings is 1. The lowest BCUT2D eigenvalue weighted by Crippen LogP contribution is -2.06. The number of aromatic nitrogens is 3. The van der Waals surface area contributed by atoms with Crippen LogP contribution in [0.1, 0.15) is 16.3 Å². The highest BCUT2D eigenvalue weighted by Gasteiger charge is 2.14. The van der Waals surface area contributed by atoms with Crippen LogP contribution in [-0.4, -0.2) is 21.2 Å². The molecule has 21 heavy (non-hydrogen) atoms. The second-order valence-corrected chi connectivity index (χ2v) is 6.47. The molecule has 6 heteroatoms. The van der Waals surface area contributed by atoms with Crippen LogP contribution in [0.25, 0.3) is 5.69 Å². The fourth-order valence-corrected chi connectivity index (χ4v) is 3.36. The number of benzene rings is 1. The fourth-order valence-electron chi connectivity index (χ4n) is 2.20. The minimum atomic E-state index is 0.406. The van der Waals surface area contributed by atoms with Gasteiger partial charge in [-0.25, -0.2) is 4.68 Å². The molecule has 2 heterocycles. The SMILES string of the molecule is CSc1cccc(-n2nnc(CN)c2Cc2cccs2)c1. The van der Waals surface area contributed by atoms with Crippen molar-refractivity contribution in [3.05, 3.63) is 58.0 Å². The fraction of sp³-hybridized carbons (Fsp3) is 0.200. The monoisotopic (exact) mass is 316 g/mol. The average Bonchev–Trinajstić information content (AvgIpc) is 3.17. The molecule has 3 rings (SSSR count). The van der Waals surface area contributed by atoms with Crippen molar-refractivity contribution in [2.45, 2.75) is 17.9 Å².